The Morgan fingerprint density at radius 3 is 2.81 bits per heavy atom. The summed E-state index contributed by atoms with van der Waals surface area (Å²) in [7, 11) is 0. The molecule has 112 valence electrons. The van der Waals surface area contributed by atoms with E-state index in [1.807, 2.05) is 43.5 Å². The van der Waals surface area contributed by atoms with Gasteiger partial charge in [-0.25, -0.2) is 0 Å². The third-order valence-corrected chi connectivity index (χ3v) is 3.98. The number of thioether (sulfide) groups is 1. The highest BCUT2D eigenvalue weighted by atomic mass is 32.2. The smallest absolute Gasteiger partial charge is 0.319 e. The molecule has 0 amide bonds. The van der Waals surface area contributed by atoms with Crippen LogP contribution in [-0.2, 0) is 9.53 Å². The van der Waals surface area contributed by atoms with Gasteiger partial charge in [-0.2, -0.15) is 0 Å². The number of nitrogens with zero attached hydrogens (tertiary/aromatic N) is 3. The quantitative estimate of drug-likeness (QED) is 0.628. The lowest BCUT2D eigenvalue weighted by molar-refractivity contribution is -0.142. The molecule has 0 aliphatic heterocycles. The van der Waals surface area contributed by atoms with Gasteiger partial charge in [0.25, 0.3) is 0 Å². The highest BCUT2D eigenvalue weighted by Gasteiger charge is 2.20. The molecule has 0 spiro atoms. The van der Waals surface area contributed by atoms with Crippen LogP contribution in [0.2, 0.25) is 0 Å². The molecule has 0 fully saturated rings. The predicted octanol–water partition coefficient (Wildman–Crippen LogP) is 2.93. The van der Waals surface area contributed by atoms with E-state index in [0.717, 1.165) is 17.1 Å². The zero-order chi connectivity index (χ0) is 15.4. The number of benzene rings is 1. The Labute approximate surface area is 128 Å². The van der Waals surface area contributed by atoms with E-state index in [0.29, 0.717) is 11.8 Å². The van der Waals surface area contributed by atoms with Gasteiger partial charge in [0.2, 0.25) is 0 Å². The average Bonchev–Trinajstić information content (AvgIpc) is 2.80. The van der Waals surface area contributed by atoms with Gasteiger partial charge >= 0.3 is 5.97 Å². The Morgan fingerprint density at radius 1 is 1.38 bits per heavy atom. The standard InChI is InChI=1S/C15H19N3O2S/c1-5-20-14(19)11(3)21-15-17-16-12(4)18(15)13-8-6-7-10(2)9-13/h6-9,11H,5H2,1-4H3/t11-/m0/s1. The van der Waals surface area contributed by atoms with Gasteiger partial charge in [-0.15, -0.1) is 10.2 Å². The monoisotopic (exact) mass is 305 g/mol. The SMILES string of the molecule is CCOC(=O)[C@H](C)Sc1nnc(C)n1-c1cccc(C)c1. The van der Waals surface area contributed by atoms with Crippen molar-refractivity contribution in [2.45, 2.75) is 38.1 Å². The number of rotatable bonds is 5. The van der Waals surface area contributed by atoms with Crippen LogP contribution in [0.15, 0.2) is 29.4 Å². The summed E-state index contributed by atoms with van der Waals surface area (Å²) in [6.45, 7) is 7.93. The first-order valence-corrected chi connectivity index (χ1v) is 7.73. The molecule has 2 rings (SSSR count). The van der Waals surface area contributed by atoms with E-state index < -0.39 is 0 Å². The third kappa shape index (κ3) is 3.64. The fourth-order valence-corrected chi connectivity index (χ4v) is 2.86. The van der Waals surface area contributed by atoms with Crippen LogP contribution < -0.4 is 0 Å². The van der Waals surface area contributed by atoms with Crippen LogP contribution in [0.5, 0.6) is 0 Å². The van der Waals surface area contributed by atoms with Crippen molar-refractivity contribution in [2.75, 3.05) is 6.61 Å². The van der Waals surface area contributed by atoms with Gasteiger partial charge < -0.3 is 4.74 Å². The maximum absolute atomic E-state index is 11.8. The van der Waals surface area contributed by atoms with Gasteiger partial charge in [0.15, 0.2) is 5.16 Å². The molecule has 0 saturated heterocycles. The van der Waals surface area contributed by atoms with Crippen LogP contribution in [-0.4, -0.2) is 32.6 Å². The predicted molar refractivity (Wildman–Crippen MR) is 82.8 cm³/mol. The number of aromatic nitrogens is 3. The molecule has 0 saturated carbocycles. The summed E-state index contributed by atoms with van der Waals surface area (Å²) in [5.74, 6) is 0.554. The molecule has 1 heterocycles. The van der Waals surface area contributed by atoms with E-state index in [-0.39, 0.29) is 11.2 Å². The Kier molecular flexibility index (Phi) is 5.01. The molecule has 0 unspecified atom stereocenters. The summed E-state index contributed by atoms with van der Waals surface area (Å²) >= 11 is 1.35. The third-order valence-electron chi connectivity index (χ3n) is 2.96. The molecule has 6 heteroatoms. The van der Waals surface area contributed by atoms with Crippen molar-refractivity contribution in [1.82, 2.24) is 14.8 Å². The first kappa shape index (κ1) is 15.6. The van der Waals surface area contributed by atoms with Gasteiger partial charge in [-0.1, -0.05) is 23.9 Å². The number of ether oxygens (including phenoxy) is 1. The second-order valence-electron chi connectivity index (χ2n) is 4.72. The molecule has 21 heavy (non-hydrogen) atoms. The maximum atomic E-state index is 11.8. The first-order valence-electron chi connectivity index (χ1n) is 6.85. The lowest BCUT2D eigenvalue weighted by atomic mass is 10.2. The second kappa shape index (κ2) is 6.76. The molecule has 0 N–H and O–H groups in total. The fraction of sp³-hybridized carbons (Fsp3) is 0.400. The van der Waals surface area contributed by atoms with Gasteiger partial charge in [-0.05, 0) is 45.4 Å². The number of carbonyl (C=O) groups is 1. The van der Waals surface area contributed by atoms with Crippen molar-refractivity contribution in [3.8, 4) is 5.69 Å². The van der Waals surface area contributed by atoms with E-state index in [4.69, 9.17) is 4.74 Å². The summed E-state index contributed by atoms with van der Waals surface area (Å²) in [5.41, 5.74) is 2.16. The van der Waals surface area contributed by atoms with Crippen LogP contribution in [0.3, 0.4) is 0 Å². The van der Waals surface area contributed by atoms with E-state index >= 15 is 0 Å². The minimum atomic E-state index is -0.322. The molecular weight excluding hydrogens is 286 g/mol. The molecule has 1 aromatic heterocycles. The number of hydrogen-bond acceptors (Lipinski definition) is 5. The number of hydrogen-bond donors (Lipinski definition) is 0. The van der Waals surface area contributed by atoms with Crippen LogP contribution in [0.25, 0.3) is 5.69 Å². The highest BCUT2D eigenvalue weighted by molar-refractivity contribution is 8.00. The van der Waals surface area contributed by atoms with Crippen LogP contribution in [0, 0.1) is 13.8 Å². The van der Waals surface area contributed by atoms with E-state index in [1.165, 1.54) is 11.8 Å². The van der Waals surface area contributed by atoms with Crippen molar-refractivity contribution in [3.63, 3.8) is 0 Å². The Hall–Kier alpha value is -1.82. The molecule has 1 aromatic carbocycles. The van der Waals surface area contributed by atoms with Crippen molar-refractivity contribution < 1.29 is 9.53 Å². The normalized spacial score (nSPS) is 12.2. The summed E-state index contributed by atoms with van der Waals surface area (Å²) in [4.78, 5) is 11.8. The van der Waals surface area contributed by atoms with Crippen molar-refractivity contribution in [2.24, 2.45) is 0 Å². The first-order chi connectivity index (χ1) is 10.0. The summed E-state index contributed by atoms with van der Waals surface area (Å²) in [6.07, 6.45) is 0. The van der Waals surface area contributed by atoms with E-state index in [9.17, 15) is 4.79 Å². The zero-order valence-electron chi connectivity index (χ0n) is 12.7. The zero-order valence-corrected chi connectivity index (χ0v) is 13.5. The molecule has 0 aliphatic rings. The Morgan fingerprint density at radius 2 is 2.14 bits per heavy atom. The van der Waals surface area contributed by atoms with Crippen LogP contribution >= 0.6 is 11.8 Å². The molecule has 5 nitrogen and oxygen atoms in total. The van der Waals surface area contributed by atoms with Crippen molar-refractivity contribution in [3.05, 3.63) is 35.7 Å². The van der Waals surface area contributed by atoms with Gasteiger partial charge in [-0.3, -0.25) is 9.36 Å². The molecular formula is C15H19N3O2S. The van der Waals surface area contributed by atoms with Gasteiger partial charge in [0, 0.05) is 5.69 Å². The van der Waals surface area contributed by atoms with Gasteiger partial charge in [0.05, 0.1) is 6.61 Å². The van der Waals surface area contributed by atoms with Crippen LogP contribution in [0.1, 0.15) is 25.2 Å². The molecule has 0 aliphatic carbocycles. The second-order valence-corrected chi connectivity index (χ2v) is 6.02. The fourth-order valence-electron chi connectivity index (χ4n) is 1.95. The summed E-state index contributed by atoms with van der Waals surface area (Å²) in [5, 5.41) is 8.66. The minimum Gasteiger partial charge on any atom is -0.465 e. The number of aryl methyl sites for hydroxylation is 2. The molecule has 0 bridgehead atoms. The number of esters is 1. The average molecular weight is 305 g/mol. The lowest BCUT2D eigenvalue weighted by Gasteiger charge is -2.12. The lowest BCUT2D eigenvalue weighted by Crippen LogP contribution is -2.17. The summed E-state index contributed by atoms with van der Waals surface area (Å²) < 4.78 is 6.98. The van der Waals surface area contributed by atoms with Crippen molar-refractivity contribution in [1.29, 1.82) is 0 Å². The van der Waals surface area contributed by atoms with E-state index in [2.05, 4.69) is 16.3 Å². The molecule has 1 atom stereocenters. The van der Waals surface area contributed by atoms with Gasteiger partial charge in [0.1, 0.15) is 11.1 Å². The Balaban J connectivity index is 2.28. The van der Waals surface area contributed by atoms with Crippen LogP contribution in [0.4, 0.5) is 0 Å². The topological polar surface area (TPSA) is 57.0 Å². The summed E-state index contributed by atoms with van der Waals surface area (Å²) in [6, 6.07) is 8.10. The molecule has 0 radical (unpaired) electrons. The van der Waals surface area contributed by atoms with E-state index in [1.54, 1.807) is 6.92 Å². The molecule has 2 aromatic rings. The van der Waals surface area contributed by atoms with Crippen molar-refractivity contribution >= 4 is 17.7 Å². The minimum absolute atomic E-state index is 0.237. The number of carbonyl (C=O) groups excluding carboxylic acids is 1. The highest BCUT2D eigenvalue weighted by Crippen LogP contribution is 2.26. The Bertz CT molecular complexity index is 640. The maximum Gasteiger partial charge on any atom is 0.319 e. The largest absolute Gasteiger partial charge is 0.465 e.